The summed E-state index contributed by atoms with van der Waals surface area (Å²) >= 11 is 0. The number of benzene rings is 1. The van der Waals surface area contributed by atoms with Crippen LogP contribution in [0.1, 0.15) is 45.5 Å². The van der Waals surface area contributed by atoms with Crippen LogP contribution < -0.4 is 11.1 Å². The number of piperidine rings is 1. The van der Waals surface area contributed by atoms with Crippen molar-refractivity contribution in [1.29, 1.82) is 0 Å². The maximum Gasteiger partial charge on any atom is 0.262 e. The fourth-order valence-electron chi connectivity index (χ4n) is 4.25. The van der Waals surface area contributed by atoms with Crippen molar-refractivity contribution < 1.29 is 24.3 Å². The molecule has 1 aromatic rings. The molecule has 4 N–H and O–H groups in total. The molecule has 3 aliphatic rings. The van der Waals surface area contributed by atoms with Crippen LogP contribution in [-0.2, 0) is 16.1 Å². The molecule has 0 radical (unpaired) electrons. The first-order valence-corrected chi connectivity index (χ1v) is 9.35. The molecule has 3 atom stereocenters. The number of nitrogens with one attached hydrogen (secondary N) is 1. The standard InChI is InChI=1S/C19H22N4O5/c20-7-11-6-12(24)9-22(11)8-10-1-2-13-14(5-10)19(28)23(18(13)27)15-3-4-16(25)21-17(15)26/h1-2,5,11-12,15,24H,3-4,6-9,20H2,(H,21,25,26)/t11-,12-,15?/m0/s1. The van der Waals surface area contributed by atoms with E-state index in [4.69, 9.17) is 5.73 Å². The summed E-state index contributed by atoms with van der Waals surface area (Å²) in [6, 6.07) is 4.14. The highest BCUT2D eigenvalue weighted by Crippen LogP contribution is 2.29. The molecule has 148 valence electrons. The Bertz CT molecular complexity index is 870. The number of amides is 4. The zero-order valence-corrected chi connectivity index (χ0v) is 15.3. The summed E-state index contributed by atoms with van der Waals surface area (Å²) in [7, 11) is 0. The highest BCUT2D eigenvalue weighted by Gasteiger charge is 2.44. The van der Waals surface area contributed by atoms with E-state index in [1.807, 2.05) is 0 Å². The Morgan fingerprint density at radius 3 is 2.61 bits per heavy atom. The smallest absolute Gasteiger partial charge is 0.262 e. The van der Waals surface area contributed by atoms with Gasteiger partial charge in [-0.2, -0.15) is 0 Å². The van der Waals surface area contributed by atoms with Gasteiger partial charge in [-0.15, -0.1) is 0 Å². The zero-order chi connectivity index (χ0) is 20.0. The summed E-state index contributed by atoms with van der Waals surface area (Å²) in [5.41, 5.74) is 7.13. The summed E-state index contributed by atoms with van der Waals surface area (Å²) < 4.78 is 0. The van der Waals surface area contributed by atoms with E-state index in [0.29, 0.717) is 26.1 Å². The molecule has 0 saturated carbocycles. The predicted octanol–water partition coefficient (Wildman–Crippen LogP) is -1.02. The first-order chi connectivity index (χ1) is 13.4. The number of imide groups is 2. The lowest BCUT2D eigenvalue weighted by atomic mass is 10.0. The Kier molecular flexibility index (Phi) is 4.74. The van der Waals surface area contributed by atoms with Crippen LogP contribution >= 0.6 is 0 Å². The fraction of sp³-hybridized carbons (Fsp3) is 0.474. The maximum atomic E-state index is 12.9. The first kappa shape index (κ1) is 18.7. The largest absolute Gasteiger partial charge is 0.392 e. The van der Waals surface area contributed by atoms with Gasteiger partial charge in [0.25, 0.3) is 11.8 Å². The molecule has 0 bridgehead atoms. The van der Waals surface area contributed by atoms with Gasteiger partial charge in [-0.3, -0.25) is 34.3 Å². The highest BCUT2D eigenvalue weighted by molar-refractivity contribution is 6.23. The van der Waals surface area contributed by atoms with Gasteiger partial charge in [-0.1, -0.05) is 6.07 Å². The van der Waals surface area contributed by atoms with E-state index in [-0.39, 0.29) is 30.0 Å². The molecule has 0 aromatic heterocycles. The molecule has 3 heterocycles. The third-order valence-corrected chi connectivity index (χ3v) is 5.67. The van der Waals surface area contributed by atoms with Crippen molar-refractivity contribution in [2.75, 3.05) is 13.1 Å². The van der Waals surface area contributed by atoms with E-state index >= 15 is 0 Å². The number of aliphatic hydroxyl groups is 1. The molecule has 4 rings (SSSR count). The van der Waals surface area contributed by atoms with Gasteiger partial charge in [0.15, 0.2) is 0 Å². The van der Waals surface area contributed by atoms with Gasteiger partial charge in [0.1, 0.15) is 6.04 Å². The van der Waals surface area contributed by atoms with E-state index in [1.165, 1.54) is 0 Å². The molecule has 2 saturated heterocycles. The number of nitrogens with zero attached hydrogens (tertiary/aromatic N) is 2. The van der Waals surface area contributed by atoms with Crippen molar-refractivity contribution in [3.05, 3.63) is 34.9 Å². The van der Waals surface area contributed by atoms with Gasteiger partial charge in [0, 0.05) is 32.1 Å². The first-order valence-electron chi connectivity index (χ1n) is 9.35. The number of rotatable bonds is 4. The van der Waals surface area contributed by atoms with Crippen molar-refractivity contribution >= 4 is 23.6 Å². The Morgan fingerprint density at radius 1 is 1.14 bits per heavy atom. The van der Waals surface area contributed by atoms with E-state index in [9.17, 15) is 24.3 Å². The van der Waals surface area contributed by atoms with E-state index in [0.717, 1.165) is 10.5 Å². The van der Waals surface area contributed by atoms with Crippen molar-refractivity contribution in [2.24, 2.45) is 5.73 Å². The number of likely N-dealkylation sites (tertiary alicyclic amines) is 1. The van der Waals surface area contributed by atoms with Gasteiger partial charge in [0.2, 0.25) is 11.8 Å². The minimum atomic E-state index is -0.969. The monoisotopic (exact) mass is 386 g/mol. The Balaban J connectivity index is 1.56. The zero-order valence-electron chi connectivity index (χ0n) is 15.3. The minimum absolute atomic E-state index is 0.0700. The molecular weight excluding hydrogens is 364 g/mol. The van der Waals surface area contributed by atoms with Crippen LogP contribution in [0.4, 0.5) is 0 Å². The lowest BCUT2D eigenvalue weighted by Gasteiger charge is -2.27. The third-order valence-electron chi connectivity index (χ3n) is 5.67. The molecule has 0 spiro atoms. The molecular formula is C19H22N4O5. The summed E-state index contributed by atoms with van der Waals surface area (Å²) in [5.74, 6) is -2.06. The van der Waals surface area contributed by atoms with Gasteiger partial charge >= 0.3 is 0 Å². The Labute approximate surface area is 161 Å². The van der Waals surface area contributed by atoms with Crippen molar-refractivity contribution in [2.45, 2.75) is 44.0 Å². The summed E-state index contributed by atoms with van der Waals surface area (Å²) in [4.78, 5) is 52.0. The second kappa shape index (κ2) is 7.08. The van der Waals surface area contributed by atoms with Gasteiger partial charge in [-0.05, 0) is 30.5 Å². The van der Waals surface area contributed by atoms with E-state index in [2.05, 4.69) is 10.2 Å². The minimum Gasteiger partial charge on any atom is -0.392 e. The SMILES string of the molecule is NC[C@@H]1C[C@H](O)CN1Cc1ccc2c(c1)C(=O)N(C1CCC(=O)NC1=O)C2=O. The van der Waals surface area contributed by atoms with Crippen LogP contribution in [0.2, 0.25) is 0 Å². The van der Waals surface area contributed by atoms with Crippen LogP contribution in [0.25, 0.3) is 0 Å². The number of carbonyl (C=O) groups excluding carboxylic acids is 4. The topological polar surface area (TPSA) is 133 Å². The molecule has 9 heteroatoms. The lowest BCUT2D eigenvalue weighted by Crippen LogP contribution is -2.54. The molecule has 9 nitrogen and oxygen atoms in total. The summed E-state index contributed by atoms with van der Waals surface area (Å²) in [6.45, 7) is 1.45. The normalized spacial score (nSPS) is 28.1. The predicted molar refractivity (Wildman–Crippen MR) is 97.0 cm³/mol. The molecule has 3 aliphatic heterocycles. The van der Waals surface area contributed by atoms with E-state index < -0.39 is 35.8 Å². The van der Waals surface area contributed by atoms with Gasteiger partial charge < -0.3 is 10.8 Å². The lowest BCUT2D eigenvalue weighted by molar-refractivity contribution is -0.136. The number of β-amino-alcohol motifs (C(OH)–C–C–N with tert-alkyl or cyclic N) is 1. The number of nitrogens with two attached hydrogens (primary N) is 1. The Hall–Kier alpha value is -2.62. The van der Waals surface area contributed by atoms with Crippen LogP contribution in [0.5, 0.6) is 0 Å². The van der Waals surface area contributed by atoms with Crippen LogP contribution in [0.15, 0.2) is 18.2 Å². The average Bonchev–Trinajstić information content (AvgIpc) is 3.13. The summed E-state index contributed by atoms with van der Waals surface area (Å²) in [6.07, 6.45) is 0.413. The molecule has 2 fully saturated rings. The van der Waals surface area contributed by atoms with Crippen LogP contribution in [-0.4, -0.2) is 69.8 Å². The number of hydrogen-bond acceptors (Lipinski definition) is 7. The van der Waals surface area contributed by atoms with Gasteiger partial charge in [-0.25, -0.2) is 0 Å². The van der Waals surface area contributed by atoms with Crippen molar-refractivity contribution in [3.8, 4) is 0 Å². The number of aliphatic hydroxyl groups excluding tert-OH is 1. The van der Waals surface area contributed by atoms with E-state index in [1.54, 1.807) is 18.2 Å². The number of fused-ring (bicyclic) bond motifs is 1. The molecule has 1 unspecified atom stereocenters. The quantitative estimate of drug-likeness (QED) is 0.564. The average molecular weight is 386 g/mol. The second-order valence-electron chi connectivity index (χ2n) is 7.54. The van der Waals surface area contributed by atoms with Crippen LogP contribution in [0, 0.1) is 0 Å². The third kappa shape index (κ3) is 3.11. The number of carbonyl (C=O) groups is 4. The molecule has 28 heavy (non-hydrogen) atoms. The molecule has 0 aliphatic carbocycles. The summed E-state index contributed by atoms with van der Waals surface area (Å²) in [5, 5.41) is 12.1. The fourth-order valence-corrected chi connectivity index (χ4v) is 4.25. The number of hydrogen-bond donors (Lipinski definition) is 3. The highest BCUT2D eigenvalue weighted by atomic mass is 16.3. The van der Waals surface area contributed by atoms with Crippen molar-refractivity contribution in [1.82, 2.24) is 15.1 Å². The molecule has 4 amide bonds. The maximum absolute atomic E-state index is 12.9. The Morgan fingerprint density at radius 2 is 1.89 bits per heavy atom. The van der Waals surface area contributed by atoms with Crippen molar-refractivity contribution in [3.63, 3.8) is 0 Å². The molecule has 1 aromatic carbocycles. The van der Waals surface area contributed by atoms with Gasteiger partial charge in [0.05, 0.1) is 17.2 Å². The second-order valence-corrected chi connectivity index (χ2v) is 7.54. The van der Waals surface area contributed by atoms with Crippen LogP contribution in [0.3, 0.4) is 0 Å².